The van der Waals surface area contributed by atoms with Crippen molar-refractivity contribution in [2.75, 3.05) is 13.7 Å². The number of ketones is 1. The van der Waals surface area contributed by atoms with Gasteiger partial charge in [0.05, 0.1) is 25.7 Å². The van der Waals surface area contributed by atoms with Crippen molar-refractivity contribution < 1.29 is 53.4 Å². The number of carbonyl (C=O) groups is 4. The van der Waals surface area contributed by atoms with Crippen LogP contribution in [0.1, 0.15) is 41.0 Å². The van der Waals surface area contributed by atoms with E-state index in [0.717, 1.165) is 7.11 Å². The Labute approximate surface area is 226 Å². The number of esters is 3. The molecule has 39 heavy (non-hydrogen) atoms. The molecule has 4 fully saturated rings. The van der Waals surface area contributed by atoms with Gasteiger partial charge in [-0.05, 0) is 37.2 Å². The highest BCUT2D eigenvalue weighted by atomic mass is 16.6. The molecule has 0 radical (unpaired) electrons. The van der Waals surface area contributed by atoms with E-state index < -0.39 is 88.1 Å². The van der Waals surface area contributed by atoms with Crippen molar-refractivity contribution in [3.63, 3.8) is 0 Å². The summed E-state index contributed by atoms with van der Waals surface area (Å²) in [6, 6.07) is 0. The van der Waals surface area contributed by atoms with Crippen molar-refractivity contribution in [3.8, 4) is 0 Å². The zero-order valence-corrected chi connectivity index (χ0v) is 22.9. The Hall–Kier alpha value is -2.76. The lowest BCUT2D eigenvalue weighted by molar-refractivity contribution is -0.289. The van der Waals surface area contributed by atoms with Crippen molar-refractivity contribution >= 4 is 23.7 Å². The number of ether oxygens (including phenoxy) is 4. The van der Waals surface area contributed by atoms with E-state index in [1.807, 2.05) is 20.8 Å². The number of aliphatic hydroxyl groups is 3. The zero-order chi connectivity index (χ0) is 28.8. The number of aliphatic hydroxyl groups excluding tert-OH is 3. The molecular formula is C28H36O11. The Balaban J connectivity index is 1.72. The third-order valence-corrected chi connectivity index (χ3v) is 10.3. The number of hydrogen-bond acceptors (Lipinski definition) is 11. The minimum absolute atomic E-state index is 0.0195. The molecule has 11 nitrogen and oxygen atoms in total. The first-order valence-electron chi connectivity index (χ1n) is 13.3. The van der Waals surface area contributed by atoms with E-state index in [4.69, 9.17) is 18.9 Å². The Kier molecular flexibility index (Phi) is 6.32. The van der Waals surface area contributed by atoms with Crippen molar-refractivity contribution in [1.82, 2.24) is 0 Å². The lowest BCUT2D eigenvalue weighted by Crippen LogP contribution is -2.80. The van der Waals surface area contributed by atoms with Crippen molar-refractivity contribution in [3.05, 3.63) is 23.5 Å². The number of hydrogen-bond donors (Lipinski definition) is 3. The summed E-state index contributed by atoms with van der Waals surface area (Å²) >= 11 is 0. The van der Waals surface area contributed by atoms with E-state index in [2.05, 4.69) is 0 Å². The fourth-order valence-corrected chi connectivity index (χ4v) is 8.35. The highest BCUT2D eigenvalue weighted by Gasteiger charge is 2.85. The Morgan fingerprint density at radius 1 is 1.21 bits per heavy atom. The number of allylic oxidation sites excluding steroid dienone is 3. The van der Waals surface area contributed by atoms with E-state index in [1.54, 1.807) is 13.8 Å². The lowest BCUT2D eigenvalue weighted by atomic mass is 9.37. The monoisotopic (exact) mass is 548 g/mol. The van der Waals surface area contributed by atoms with Crippen LogP contribution >= 0.6 is 0 Å². The molecule has 3 aliphatic carbocycles. The van der Waals surface area contributed by atoms with Crippen LogP contribution in [0.4, 0.5) is 0 Å². The largest absolute Gasteiger partial charge is 0.505 e. The van der Waals surface area contributed by atoms with Crippen LogP contribution < -0.4 is 0 Å². The first-order valence-corrected chi connectivity index (χ1v) is 13.3. The molecule has 2 bridgehead atoms. The van der Waals surface area contributed by atoms with Gasteiger partial charge in [0.2, 0.25) is 17.5 Å². The second-order valence-electron chi connectivity index (χ2n) is 12.3. The quantitative estimate of drug-likeness (QED) is 0.261. The molecule has 5 rings (SSSR count). The zero-order valence-electron chi connectivity index (χ0n) is 22.9. The van der Waals surface area contributed by atoms with Crippen molar-refractivity contribution in [1.29, 1.82) is 0 Å². The summed E-state index contributed by atoms with van der Waals surface area (Å²) in [5, 5.41) is 33.8. The number of methoxy groups -OCH3 is 1. The molecule has 0 amide bonds. The third kappa shape index (κ3) is 3.32. The minimum atomic E-state index is -2.27. The van der Waals surface area contributed by atoms with Crippen LogP contribution in [0.15, 0.2) is 23.5 Å². The van der Waals surface area contributed by atoms with Crippen LogP contribution in [-0.2, 0) is 38.1 Å². The average molecular weight is 549 g/mol. The van der Waals surface area contributed by atoms with Gasteiger partial charge in [-0.25, -0.2) is 14.4 Å². The summed E-state index contributed by atoms with van der Waals surface area (Å²) in [6.07, 6.45) is -3.41. The fraction of sp³-hybridized carbons (Fsp3) is 0.714. The van der Waals surface area contributed by atoms with Crippen LogP contribution in [0, 0.1) is 40.4 Å². The van der Waals surface area contributed by atoms with Crippen molar-refractivity contribution in [2.24, 2.45) is 40.4 Å². The second kappa shape index (κ2) is 8.87. The maximum atomic E-state index is 13.7. The lowest BCUT2D eigenvalue weighted by Gasteiger charge is -2.66. The first-order chi connectivity index (χ1) is 18.2. The molecule has 2 heterocycles. The first kappa shape index (κ1) is 27.8. The van der Waals surface area contributed by atoms with Crippen LogP contribution in [-0.4, -0.2) is 82.7 Å². The summed E-state index contributed by atoms with van der Waals surface area (Å²) in [5.74, 6) is -7.13. The van der Waals surface area contributed by atoms with Gasteiger partial charge in [-0.2, -0.15) is 0 Å². The molecule has 0 aromatic carbocycles. The molecule has 2 aliphatic heterocycles. The van der Waals surface area contributed by atoms with Gasteiger partial charge in [0.25, 0.3) is 0 Å². The summed E-state index contributed by atoms with van der Waals surface area (Å²) < 4.78 is 22.6. The average Bonchev–Trinajstić information content (AvgIpc) is 3.18. The Morgan fingerprint density at radius 3 is 2.49 bits per heavy atom. The van der Waals surface area contributed by atoms with Crippen LogP contribution in [0.2, 0.25) is 0 Å². The van der Waals surface area contributed by atoms with E-state index >= 15 is 0 Å². The molecule has 214 valence electrons. The Bertz CT molecular complexity index is 1190. The SMILES string of the molecule is COC(=O)C12OC[C@]34[C@H]([C@@H](O)C1O)[C@@]1(C)C(=O)C(O)=C[C@@H](C)[C@@H]1C[C@H]3OC(=O)[C@H](OC(=O)/C=C(\C)C(C)C)[C@@H]24. The maximum absolute atomic E-state index is 13.7. The normalized spacial score (nSPS) is 46.6. The molecule has 2 unspecified atom stereocenters. The van der Waals surface area contributed by atoms with Crippen LogP contribution in [0.25, 0.3) is 0 Å². The van der Waals surface area contributed by atoms with E-state index in [1.165, 1.54) is 12.2 Å². The third-order valence-electron chi connectivity index (χ3n) is 10.3. The van der Waals surface area contributed by atoms with Gasteiger partial charge in [0, 0.05) is 22.8 Å². The molecule has 2 saturated carbocycles. The molecular weight excluding hydrogens is 512 g/mol. The molecule has 11 heteroatoms. The molecule has 0 aromatic rings. The van der Waals surface area contributed by atoms with Gasteiger partial charge >= 0.3 is 17.9 Å². The second-order valence-corrected chi connectivity index (χ2v) is 12.3. The van der Waals surface area contributed by atoms with Gasteiger partial charge in [0.15, 0.2) is 5.76 Å². The maximum Gasteiger partial charge on any atom is 0.348 e. The van der Waals surface area contributed by atoms with E-state index in [0.29, 0.717) is 5.57 Å². The Morgan fingerprint density at radius 2 is 1.87 bits per heavy atom. The summed E-state index contributed by atoms with van der Waals surface area (Å²) in [7, 11) is 1.08. The standard InChI is InChI=1S/C28H36O11/c1-11(2)12(3)8-17(30)39-19-21-27-10-37-28(21,25(35)36-6)23(33)18(31)20(27)26(5)14(9-16(27)38-24(19)34)13(4)7-15(29)22(26)32/h7-8,11,13-14,16,18-21,23,29,31,33H,9-10H2,1-6H3/b12-8+/t13-,14+,16-,18-,19-,20-,21-,23?,26+,27-,28?/m1/s1. The van der Waals surface area contributed by atoms with Gasteiger partial charge < -0.3 is 34.3 Å². The van der Waals surface area contributed by atoms with Gasteiger partial charge in [-0.1, -0.05) is 33.3 Å². The smallest absolute Gasteiger partial charge is 0.348 e. The summed E-state index contributed by atoms with van der Waals surface area (Å²) in [5.41, 5.74) is -4.42. The molecule has 1 spiro atoms. The number of Topliss-reactive ketones (excluding diaryl/α,β-unsaturated/α-hetero) is 1. The fourth-order valence-electron chi connectivity index (χ4n) is 8.35. The van der Waals surface area contributed by atoms with Gasteiger partial charge in [-0.15, -0.1) is 0 Å². The van der Waals surface area contributed by atoms with Gasteiger partial charge in [-0.3, -0.25) is 4.79 Å². The molecule has 0 aromatic heterocycles. The highest BCUT2D eigenvalue weighted by molar-refractivity contribution is 6.00. The molecule has 11 atom stereocenters. The molecule has 5 aliphatic rings. The molecule has 3 N–H and O–H groups in total. The van der Waals surface area contributed by atoms with E-state index in [-0.39, 0.29) is 24.9 Å². The molecule has 2 saturated heterocycles. The van der Waals surface area contributed by atoms with Crippen LogP contribution in [0.5, 0.6) is 0 Å². The predicted octanol–water partition coefficient (Wildman–Crippen LogP) is 1.01. The number of fused-ring (bicyclic) bond motifs is 2. The summed E-state index contributed by atoms with van der Waals surface area (Å²) in [4.78, 5) is 53.5. The number of rotatable bonds is 4. The topological polar surface area (TPSA) is 166 Å². The highest BCUT2D eigenvalue weighted by Crippen LogP contribution is 2.72. The van der Waals surface area contributed by atoms with Gasteiger partial charge in [0.1, 0.15) is 12.2 Å². The minimum Gasteiger partial charge on any atom is -0.505 e. The van der Waals surface area contributed by atoms with Crippen LogP contribution in [0.3, 0.4) is 0 Å². The van der Waals surface area contributed by atoms with E-state index in [9.17, 15) is 34.5 Å². The summed E-state index contributed by atoms with van der Waals surface area (Å²) in [6.45, 7) is 8.65. The number of carbonyl (C=O) groups excluding carboxylic acids is 4. The van der Waals surface area contributed by atoms with Crippen molar-refractivity contribution in [2.45, 2.75) is 71.1 Å². The predicted molar refractivity (Wildman–Crippen MR) is 132 cm³/mol.